The molecule has 2 rings (SSSR count). The molecule has 2 aromatic rings. The van der Waals surface area contributed by atoms with Crippen LogP contribution in [-0.4, -0.2) is 30.3 Å². The topological polar surface area (TPSA) is 105 Å². The number of sulfonamides is 1. The van der Waals surface area contributed by atoms with Crippen molar-refractivity contribution in [2.24, 2.45) is 0 Å². The predicted molar refractivity (Wildman–Crippen MR) is 75.0 cm³/mol. The number of anilines is 1. The second-order valence-electron chi connectivity index (χ2n) is 4.13. The molecule has 0 bridgehead atoms. The second-order valence-corrected chi connectivity index (χ2v) is 5.75. The van der Waals surface area contributed by atoms with E-state index in [1.54, 1.807) is 19.1 Å². The van der Waals surface area contributed by atoms with Gasteiger partial charge in [0.25, 0.3) is 10.0 Å². The first kappa shape index (κ1) is 15.0. The van der Waals surface area contributed by atoms with Gasteiger partial charge in [-0.2, -0.15) is 0 Å². The first-order valence-corrected chi connectivity index (χ1v) is 7.45. The van der Waals surface area contributed by atoms with E-state index >= 15 is 0 Å². The molecule has 0 saturated carbocycles. The lowest BCUT2D eigenvalue weighted by Gasteiger charge is -2.06. The Morgan fingerprint density at radius 3 is 2.76 bits per heavy atom. The molecule has 2 aromatic heterocycles. The summed E-state index contributed by atoms with van der Waals surface area (Å²) in [5.74, 6) is 5.37. The zero-order valence-corrected chi connectivity index (χ0v) is 12.2. The van der Waals surface area contributed by atoms with Gasteiger partial charge in [-0.25, -0.2) is 13.4 Å². The Kier molecular flexibility index (Phi) is 4.26. The normalized spacial score (nSPS) is 10.8. The lowest BCUT2D eigenvalue weighted by molar-refractivity contribution is 0.350. The van der Waals surface area contributed by atoms with E-state index in [9.17, 15) is 8.42 Å². The quantitative estimate of drug-likeness (QED) is 0.814. The number of hydrogen-bond donors (Lipinski definition) is 2. The van der Waals surface area contributed by atoms with Crippen LogP contribution in [0, 0.1) is 25.7 Å². The van der Waals surface area contributed by atoms with Gasteiger partial charge in [-0.1, -0.05) is 17.1 Å². The number of aromatic nitrogens is 2. The predicted octanol–water partition coefficient (Wildman–Crippen LogP) is 0.831. The summed E-state index contributed by atoms with van der Waals surface area (Å²) < 4.78 is 31.8. The molecule has 2 heterocycles. The van der Waals surface area contributed by atoms with E-state index in [2.05, 4.69) is 26.7 Å². The molecule has 110 valence electrons. The van der Waals surface area contributed by atoms with Crippen molar-refractivity contribution in [3.8, 4) is 11.8 Å². The minimum atomic E-state index is -3.83. The van der Waals surface area contributed by atoms with Crippen LogP contribution in [0.25, 0.3) is 0 Å². The van der Waals surface area contributed by atoms with Crippen LogP contribution in [0.3, 0.4) is 0 Å². The van der Waals surface area contributed by atoms with Crippen molar-refractivity contribution in [2.75, 3.05) is 11.3 Å². The molecule has 0 saturated heterocycles. The monoisotopic (exact) mass is 307 g/mol. The molecule has 0 aromatic carbocycles. The fourth-order valence-electron chi connectivity index (χ4n) is 1.74. The van der Waals surface area contributed by atoms with E-state index < -0.39 is 10.0 Å². The summed E-state index contributed by atoms with van der Waals surface area (Å²) in [5.41, 5.74) is 0.624. The van der Waals surface area contributed by atoms with Crippen molar-refractivity contribution in [2.45, 2.75) is 18.7 Å². The SMILES string of the molecule is Cc1noc(C)c1S(=O)(=O)Nc1cccc(C#CCO)n1. The number of pyridine rings is 1. The van der Waals surface area contributed by atoms with Gasteiger partial charge in [-0.05, 0) is 31.9 Å². The zero-order valence-electron chi connectivity index (χ0n) is 11.4. The molecule has 0 atom stereocenters. The minimum absolute atomic E-state index is 0.00357. The van der Waals surface area contributed by atoms with Gasteiger partial charge in [0, 0.05) is 0 Å². The van der Waals surface area contributed by atoms with Crippen LogP contribution in [0.4, 0.5) is 5.82 Å². The van der Waals surface area contributed by atoms with E-state index in [4.69, 9.17) is 9.63 Å². The average Bonchev–Trinajstić information content (AvgIpc) is 2.76. The molecule has 0 unspecified atom stereocenters. The molecular weight excluding hydrogens is 294 g/mol. The summed E-state index contributed by atoms with van der Waals surface area (Å²) >= 11 is 0. The highest BCUT2D eigenvalue weighted by atomic mass is 32.2. The van der Waals surface area contributed by atoms with Gasteiger partial charge in [0.2, 0.25) is 0 Å². The summed E-state index contributed by atoms with van der Waals surface area (Å²) in [6.45, 7) is 2.77. The van der Waals surface area contributed by atoms with Gasteiger partial charge in [0.05, 0.1) is 0 Å². The third-order valence-electron chi connectivity index (χ3n) is 2.52. The number of rotatable bonds is 3. The zero-order chi connectivity index (χ0) is 15.5. The lowest BCUT2D eigenvalue weighted by Crippen LogP contribution is -2.15. The summed E-state index contributed by atoms with van der Waals surface area (Å²) in [5, 5.41) is 12.3. The number of aryl methyl sites for hydroxylation is 2. The molecule has 0 aliphatic heterocycles. The summed E-state index contributed by atoms with van der Waals surface area (Å²) in [4.78, 5) is 4.04. The van der Waals surface area contributed by atoms with Crippen LogP contribution in [0.15, 0.2) is 27.6 Å². The highest BCUT2D eigenvalue weighted by Gasteiger charge is 2.24. The summed E-state index contributed by atoms with van der Waals surface area (Å²) in [7, 11) is -3.83. The van der Waals surface area contributed by atoms with Crippen LogP contribution in [0.1, 0.15) is 17.1 Å². The summed E-state index contributed by atoms with van der Waals surface area (Å²) in [6.07, 6.45) is 0. The Morgan fingerprint density at radius 2 is 2.14 bits per heavy atom. The van der Waals surface area contributed by atoms with Gasteiger partial charge in [0.1, 0.15) is 23.8 Å². The van der Waals surface area contributed by atoms with Crippen LogP contribution in [0.5, 0.6) is 0 Å². The fraction of sp³-hybridized carbons (Fsp3) is 0.231. The molecule has 0 amide bonds. The Balaban J connectivity index is 2.33. The van der Waals surface area contributed by atoms with E-state index in [-0.39, 0.29) is 28.8 Å². The Hall–Kier alpha value is -2.37. The van der Waals surface area contributed by atoms with Gasteiger partial charge >= 0.3 is 0 Å². The molecule has 2 N–H and O–H groups in total. The van der Waals surface area contributed by atoms with Crippen molar-refractivity contribution < 1.29 is 18.0 Å². The molecular formula is C13H13N3O4S. The highest BCUT2D eigenvalue weighted by molar-refractivity contribution is 7.92. The van der Waals surface area contributed by atoms with Crippen molar-refractivity contribution in [1.29, 1.82) is 0 Å². The Labute approximate surface area is 122 Å². The van der Waals surface area contributed by atoms with Gasteiger partial charge in [-0.3, -0.25) is 4.72 Å². The molecule has 7 nitrogen and oxygen atoms in total. The highest BCUT2D eigenvalue weighted by Crippen LogP contribution is 2.21. The van der Waals surface area contributed by atoms with Crippen LogP contribution < -0.4 is 4.72 Å². The van der Waals surface area contributed by atoms with Crippen LogP contribution in [-0.2, 0) is 10.0 Å². The lowest BCUT2D eigenvalue weighted by atomic mass is 10.3. The van der Waals surface area contributed by atoms with E-state index in [1.807, 2.05) is 0 Å². The molecule has 0 spiro atoms. The number of aliphatic hydroxyl groups excluding tert-OH is 1. The molecule has 0 radical (unpaired) electrons. The second kappa shape index (κ2) is 5.95. The van der Waals surface area contributed by atoms with E-state index in [0.29, 0.717) is 5.69 Å². The van der Waals surface area contributed by atoms with Crippen molar-refractivity contribution in [3.05, 3.63) is 35.3 Å². The maximum Gasteiger partial charge on any atom is 0.268 e. The third-order valence-corrected chi connectivity index (χ3v) is 4.12. The molecule has 0 aliphatic rings. The van der Waals surface area contributed by atoms with Crippen molar-refractivity contribution in [3.63, 3.8) is 0 Å². The number of nitrogens with zero attached hydrogens (tertiary/aromatic N) is 2. The van der Waals surface area contributed by atoms with Gasteiger partial charge < -0.3 is 9.63 Å². The molecule has 0 fully saturated rings. The fourth-order valence-corrected chi connectivity index (χ4v) is 3.07. The number of hydrogen-bond acceptors (Lipinski definition) is 6. The molecule has 21 heavy (non-hydrogen) atoms. The smallest absolute Gasteiger partial charge is 0.268 e. The van der Waals surface area contributed by atoms with Gasteiger partial charge in [-0.15, -0.1) is 0 Å². The molecule has 8 heteroatoms. The third kappa shape index (κ3) is 3.39. The summed E-state index contributed by atoms with van der Waals surface area (Å²) in [6, 6.07) is 4.72. The largest absolute Gasteiger partial charge is 0.384 e. The minimum Gasteiger partial charge on any atom is -0.384 e. The van der Waals surface area contributed by atoms with Gasteiger partial charge in [0.15, 0.2) is 10.7 Å². The average molecular weight is 307 g/mol. The maximum absolute atomic E-state index is 12.3. The van der Waals surface area contributed by atoms with E-state index in [1.165, 1.54) is 13.0 Å². The van der Waals surface area contributed by atoms with Crippen molar-refractivity contribution >= 4 is 15.8 Å². The number of nitrogens with one attached hydrogen (secondary N) is 1. The Morgan fingerprint density at radius 1 is 1.38 bits per heavy atom. The standard InChI is InChI=1S/C13H13N3O4S/c1-9-13(10(2)20-15-9)21(18,19)16-12-7-3-5-11(14-12)6-4-8-17/h3,5,7,17H,8H2,1-2H3,(H,14,16). The maximum atomic E-state index is 12.3. The van der Waals surface area contributed by atoms with Crippen LogP contribution in [0.2, 0.25) is 0 Å². The Bertz CT molecular complexity index is 796. The van der Waals surface area contributed by atoms with Crippen LogP contribution >= 0.6 is 0 Å². The number of aliphatic hydroxyl groups is 1. The van der Waals surface area contributed by atoms with Crippen molar-refractivity contribution in [1.82, 2.24) is 10.1 Å². The molecule has 0 aliphatic carbocycles. The first-order valence-electron chi connectivity index (χ1n) is 5.96. The first-order chi connectivity index (χ1) is 9.94. The van der Waals surface area contributed by atoms with E-state index in [0.717, 1.165) is 0 Å².